The molecule has 9 rings (SSSR count). The lowest BCUT2D eigenvalue weighted by Gasteiger charge is -2.41. The maximum Gasteiger partial charge on any atom is 0.329 e. The average Bonchev–Trinajstić information content (AvgIpc) is 3.70. The minimum Gasteiger partial charge on any atom is -0.457 e. The van der Waals surface area contributed by atoms with Crippen LogP contribution in [0.15, 0.2) is 83.9 Å². The number of nitrogens with zero attached hydrogens (tertiary/aromatic N) is 7. The number of imide groups is 1. The van der Waals surface area contributed by atoms with Crippen molar-refractivity contribution in [1.82, 2.24) is 44.8 Å². The maximum absolute atomic E-state index is 13.1. The van der Waals surface area contributed by atoms with Crippen molar-refractivity contribution in [3.05, 3.63) is 89.6 Å². The molecule has 3 aliphatic rings. The fraction of sp³-hybridized carbons (Fsp3) is 0.366. The highest BCUT2D eigenvalue weighted by atomic mass is 16.5. The van der Waals surface area contributed by atoms with E-state index >= 15 is 0 Å². The first kappa shape index (κ1) is 35.6. The van der Waals surface area contributed by atoms with Crippen molar-refractivity contribution in [2.45, 2.75) is 62.7 Å². The molecule has 1 unspecified atom stereocenters. The van der Waals surface area contributed by atoms with Crippen LogP contribution < -0.4 is 37.0 Å². The number of aromatic nitrogens is 6. The monoisotopic (exact) mass is 755 g/mol. The highest BCUT2D eigenvalue weighted by molar-refractivity contribution is 6.00. The number of imidazole rings is 1. The van der Waals surface area contributed by atoms with Crippen LogP contribution in [-0.2, 0) is 16.6 Å². The Morgan fingerprint density at radius 3 is 2.32 bits per heavy atom. The van der Waals surface area contributed by atoms with Crippen LogP contribution in [0.3, 0.4) is 0 Å². The van der Waals surface area contributed by atoms with Gasteiger partial charge in [-0.3, -0.25) is 24.0 Å². The summed E-state index contributed by atoms with van der Waals surface area (Å²) in [6, 6.07) is 23.9. The largest absolute Gasteiger partial charge is 0.457 e. The van der Waals surface area contributed by atoms with Crippen molar-refractivity contribution < 1.29 is 14.3 Å². The maximum atomic E-state index is 13.1. The minimum absolute atomic E-state index is 0.219. The number of benzene rings is 3. The van der Waals surface area contributed by atoms with E-state index in [2.05, 4.69) is 35.5 Å². The molecule has 56 heavy (non-hydrogen) atoms. The number of nitrogen functional groups attached to an aromatic ring is 1. The van der Waals surface area contributed by atoms with Crippen LogP contribution in [0.1, 0.15) is 50.6 Å². The van der Waals surface area contributed by atoms with Crippen LogP contribution in [0.25, 0.3) is 33.3 Å². The molecule has 0 radical (unpaired) electrons. The van der Waals surface area contributed by atoms with Gasteiger partial charge in [0.1, 0.15) is 35.4 Å². The Kier molecular flexibility index (Phi) is 9.47. The second-order valence-electron chi connectivity index (χ2n) is 15.1. The Hall–Kier alpha value is -6.06. The number of carbonyl (C=O) groups is 2. The first-order valence-electron chi connectivity index (χ1n) is 19.4. The molecule has 0 spiro atoms. The Labute approximate surface area is 322 Å². The van der Waals surface area contributed by atoms with E-state index in [1.165, 1.54) is 10.9 Å². The number of para-hydroxylation sites is 1. The molecule has 2 aliphatic heterocycles. The van der Waals surface area contributed by atoms with Gasteiger partial charge in [0.15, 0.2) is 5.65 Å². The minimum atomic E-state index is -0.688. The highest BCUT2D eigenvalue weighted by Gasteiger charge is 2.33. The molecule has 288 valence electrons. The van der Waals surface area contributed by atoms with Gasteiger partial charge in [-0.1, -0.05) is 18.2 Å². The molecule has 3 fully saturated rings. The summed E-state index contributed by atoms with van der Waals surface area (Å²) in [5, 5.41) is 15.7. The lowest BCUT2D eigenvalue weighted by atomic mass is 9.91. The Morgan fingerprint density at radius 1 is 0.839 bits per heavy atom. The third kappa shape index (κ3) is 6.77. The summed E-state index contributed by atoms with van der Waals surface area (Å²) in [7, 11) is 1.72. The summed E-state index contributed by atoms with van der Waals surface area (Å²) in [6.07, 6.45) is 6.11. The Bertz CT molecular complexity index is 2460. The number of nitrogens with two attached hydrogens (primary N) is 1. The summed E-state index contributed by atoms with van der Waals surface area (Å²) in [4.78, 5) is 48.6. The molecule has 5 heterocycles. The number of carbonyl (C=O) groups excluding carboxylic acids is 2. The number of hydrogen-bond donors (Lipinski definition) is 4. The number of piperidine rings is 1. The van der Waals surface area contributed by atoms with Crippen LogP contribution >= 0.6 is 0 Å². The molecule has 1 atom stereocenters. The zero-order chi connectivity index (χ0) is 38.3. The molecule has 1 aliphatic carbocycles. The van der Waals surface area contributed by atoms with E-state index in [0.717, 1.165) is 96.9 Å². The van der Waals surface area contributed by atoms with Crippen molar-refractivity contribution in [3.63, 3.8) is 0 Å². The van der Waals surface area contributed by atoms with E-state index in [9.17, 15) is 14.4 Å². The van der Waals surface area contributed by atoms with E-state index in [1.807, 2.05) is 72.8 Å². The predicted molar refractivity (Wildman–Crippen MR) is 214 cm³/mol. The zero-order valence-corrected chi connectivity index (χ0v) is 31.2. The molecule has 6 aromatic rings. The van der Waals surface area contributed by atoms with Gasteiger partial charge in [0.25, 0.3) is 0 Å². The fourth-order valence-electron chi connectivity index (χ4n) is 8.43. The Morgan fingerprint density at radius 2 is 1.57 bits per heavy atom. The summed E-state index contributed by atoms with van der Waals surface area (Å²) in [6.45, 7) is 3.51. The number of hydrogen-bond acceptors (Lipinski definition) is 11. The van der Waals surface area contributed by atoms with E-state index in [4.69, 9.17) is 15.6 Å². The molecule has 3 aromatic carbocycles. The van der Waals surface area contributed by atoms with Crippen LogP contribution in [-0.4, -0.2) is 79.0 Å². The molecule has 5 N–H and O–H groups in total. The number of ether oxygens (including phenoxy) is 1. The molecular weight excluding hydrogens is 711 g/mol. The first-order valence-corrected chi connectivity index (χ1v) is 19.4. The number of anilines is 2. The van der Waals surface area contributed by atoms with Crippen LogP contribution in [0.4, 0.5) is 11.5 Å². The lowest BCUT2D eigenvalue weighted by Crippen LogP contribution is -2.59. The van der Waals surface area contributed by atoms with E-state index in [1.54, 1.807) is 11.6 Å². The third-order valence-corrected chi connectivity index (χ3v) is 11.5. The number of nitrogens with one attached hydrogen (secondary N) is 3. The van der Waals surface area contributed by atoms with Gasteiger partial charge in [0.2, 0.25) is 11.8 Å². The number of amides is 2. The van der Waals surface area contributed by atoms with Crippen molar-refractivity contribution in [2.75, 3.05) is 36.8 Å². The summed E-state index contributed by atoms with van der Waals surface area (Å²) < 4.78 is 11.2. The molecule has 1 saturated carbocycles. The van der Waals surface area contributed by atoms with Gasteiger partial charge in [-0.25, -0.2) is 19.4 Å². The van der Waals surface area contributed by atoms with Crippen molar-refractivity contribution in [2.24, 2.45) is 7.05 Å². The quantitative estimate of drug-likeness (QED) is 0.111. The lowest BCUT2D eigenvalue weighted by molar-refractivity contribution is -0.135. The highest BCUT2D eigenvalue weighted by Crippen LogP contribution is 2.37. The smallest absolute Gasteiger partial charge is 0.329 e. The number of aryl methyl sites for hydroxylation is 1. The van der Waals surface area contributed by atoms with Crippen LogP contribution in [0.2, 0.25) is 0 Å². The fourth-order valence-corrected chi connectivity index (χ4v) is 8.43. The van der Waals surface area contributed by atoms with Gasteiger partial charge < -0.3 is 26.0 Å². The second-order valence-corrected chi connectivity index (χ2v) is 15.1. The van der Waals surface area contributed by atoms with E-state index in [-0.39, 0.29) is 24.1 Å². The first-order chi connectivity index (χ1) is 27.3. The van der Waals surface area contributed by atoms with Gasteiger partial charge in [-0.05, 0) is 86.7 Å². The molecule has 2 amide bonds. The van der Waals surface area contributed by atoms with Gasteiger partial charge in [0.05, 0.1) is 22.5 Å². The SMILES string of the molecule is Cn1c(=O)n(C2CCC(=O)NC2=O)c2ccc(N3CC(NCCNC4CCC(n5nc(-c6ccc(Oc7ccccc7)cc6)c6c(N)ncnc65)CC4)C3)cc21. The molecule has 15 nitrogen and oxygen atoms in total. The Balaban J connectivity index is 0.759. The summed E-state index contributed by atoms with van der Waals surface area (Å²) in [5.74, 6) is 1.23. The standard InChI is InChI=1S/C41H45N11O4/c1-49-34-21-29(13-16-32(34)51(41(49)55)33-17-18-35(53)47-40(33)54)50-22-27(23-50)44-20-19-43-26-9-11-28(12-10-26)52-39-36(38(42)45-24-46-39)37(48-52)25-7-14-31(15-8-25)56-30-5-3-2-4-6-30/h2-8,13-16,21,24,26-28,33,43-44H,9-12,17-20,22-23H2,1H3,(H2,42,45,46)(H,47,53,54). The molecule has 15 heteroatoms. The third-order valence-electron chi connectivity index (χ3n) is 11.5. The van der Waals surface area contributed by atoms with Crippen LogP contribution in [0, 0.1) is 0 Å². The van der Waals surface area contributed by atoms with Gasteiger partial charge >= 0.3 is 5.69 Å². The van der Waals surface area contributed by atoms with E-state index < -0.39 is 11.9 Å². The number of rotatable bonds is 11. The normalized spacial score (nSPS) is 20.4. The topological polar surface area (TPSA) is 179 Å². The van der Waals surface area contributed by atoms with Gasteiger partial charge in [-0.2, -0.15) is 5.10 Å². The zero-order valence-electron chi connectivity index (χ0n) is 31.2. The van der Waals surface area contributed by atoms with Gasteiger partial charge in [0, 0.05) is 63.0 Å². The second kappa shape index (κ2) is 14.9. The predicted octanol–water partition coefficient (Wildman–Crippen LogP) is 4.05. The summed E-state index contributed by atoms with van der Waals surface area (Å²) in [5.41, 5.74) is 11.1. The van der Waals surface area contributed by atoms with Crippen molar-refractivity contribution in [1.29, 1.82) is 0 Å². The molecule has 2 saturated heterocycles. The average molecular weight is 756 g/mol. The molecule has 0 bridgehead atoms. The van der Waals surface area contributed by atoms with Crippen molar-refractivity contribution >= 4 is 45.4 Å². The van der Waals surface area contributed by atoms with Crippen molar-refractivity contribution in [3.8, 4) is 22.8 Å². The summed E-state index contributed by atoms with van der Waals surface area (Å²) >= 11 is 0. The number of fused-ring (bicyclic) bond motifs is 2. The van der Waals surface area contributed by atoms with Gasteiger partial charge in [-0.15, -0.1) is 0 Å². The van der Waals surface area contributed by atoms with Crippen LogP contribution in [0.5, 0.6) is 11.5 Å². The van der Waals surface area contributed by atoms with E-state index in [0.29, 0.717) is 29.8 Å². The molecular formula is C41H45N11O4. The molecule has 3 aromatic heterocycles.